The first-order chi connectivity index (χ1) is 8.49. The van der Waals surface area contributed by atoms with Crippen molar-refractivity contribution in [3.8, 4) is 11.5 Å². The zero-order valence-electron chi connectivity index (χ0n) is 11.1. The van der Waals surface area contributed by atoms with Crippen molar-refractivity contribution >= 4 is 5.97 Å². The van der Waals surface area contributed by atoms with Crippen LogP contribution >= 0.6 is 0 Å². The van der Waals surface area contributed by atoms with Crippen LogP contribution in [0.2, 0.25) is 0 Å². The van der Waals surface area contributed by atoms with Crippen molar-refractivity contribution in [3.05, 3.63) is 24.3 Å². The number of aliphatic hydroxyl groups is 1. The summed E-state index contributed by atoms with van der Waals surface area (Å²) in [5.74, 6) is 0.894. The van der Waals surface area contributed by atoms with Crippen LogP contribution in [0.5, 0.6) is 11.5 Å². The summed E-state index contributed by atoms with van der Waals surface area (Å²) in [4.78, 5) is 11.8. The summed E-state index contributed by atoms with van der Waals surface area (Å²) in [6.45, 7) is 5.89. The lowest BCUT2D eigenvalue weighted by Gasteiger charge is -2.20. The van der Waals surface area contributed by atoms with Crippen LogP contribution in [-0.4, -0.2) is 24.3 Å². The number of rotatable bonds is 6. The molecule has 0 heterocycles. The summed E-state index contributed by atoms with van der Waals surface area (Å²) in [6, 6.07) is 6.77. The van der Waals surface area contributed by atoms with Crippen molar-refractivity contribution in [2.75, 3.05) is 13.2 Å². The van der Waals surface area contributed by atoms with Gasteiger partial charge in [-0.15, -0.1) is 0 Å². The Morgan fingerprint density at radius 2 is 1.78 bits per heavy atom. The third-order valence-electron chi connectivity index (χ3n) is 2.83. The van der Waals surface area contributed by atoms with Gasteiger partial charge < -0.3 is 14.6 Å². The highest BCUT2D eigenvalue weighted by atomic mass is 16.5. The molecule has 0 aliphatic carbocycles. The largest absolute Gasteiger partial charge is 0.491 e. The molecule has 0 aliphatic heterocycles. The lowest BCUT2D eigenvalue weighted by atomic mass is 9.91. The highest BCUT2D eigenvalue weighted by Gasteiger charge is 2.27. The predicted octanol–water partition coefficient (Wildman–Crippen LogP) is 2.40. The van der Waals surface area contributed by atoms with Crippen LogP contribution in [0.3, 0.4) is 0 Å². The number of benzene rings is 1. The smallest absolute Gasteiger partial charge is 0.316 e. The molecule has 0 radical (unpaired) electrons. The van der Waals surface area contributed by atoms with E-state index in [1.165, 1.54) is 0 Å². The zero-order chi connectivity index (χ0) is 13.6. The summed E-state index contributed by atoms with van der Waals surface area (Å²) < 4.78 is 10.5. The number of esters is 1. The fourth-order valence-corrected chi connectivity index (χ4v) is 1.16. The SMILES string of the molecule is CCC(C)(C)C(=O)Oc1ccc(OCCO)cc1. The molecular formula is C14H20O4. The lowest BCUT2D eigenvalue weighted by Crippen LogP contribution is -2.28. The topological polar surface area (TPSA) is 55.8 Å². The quantitative estimate of drug-likeness (QED) is 0.624. The maximum Gasteiger partial charge on any atom is 0.316 e. The van der Waals surface area contributed by atoms with Gasteiger partial charge in [0.25, 0.3) is 0 Å². The van der Waals surface area contributed by atoms with Gasteiger partial charge in [-0.2, -0.15) is 0 Å². The Morgan fingerprint density at radius 3 is 2.28 bits per heavy atom. The van der Waals surface area contributed by atoms with Crippen molar-refractivity contribution in [1.82, 2.24) is 0 Å². The minimum Gasteiger partial charge on any atom is -0.491 e. The van der Waals surface area contributed by atoms with E-state index in [1.807, 2.05) is 20.8 Å². The standard InChI is InChI=1S/C14H20O4/c1-4-14(2,3)13(16)18-12-7-5-11(6-8-12)17-10-9-15/h5-8,15H,4,9-10H2,1-3H3. The molecule has 0 aromatic heterocycles. The van der Waals surface area contributed by atoms with Crippen LogP contribution in [0.1, 0.15) is 27.2 Å². The zero-order valence-corrected chi connectivity index (χ0v) is 11.1. The molecule has 1 aromatic rings. The van der Waals surface area contributed by atoms with E-state index in [0.717, 1.165) is 6.42 Å². The molecule has 0 amide bonds. The van der Waals surface area contributed by atoms with E-state index in [9.17, 15) is 4.79 Å². The Bertz CT molecular complexity index is 381. The van der Waals surface area contributed by atoms with Gasteiger partial charge in [0.1, 0.15) is 18.1 Å². The molecule has 1 aromatic carbocycles. The average molecular weight is 252 g/mol. The van der Waals surface area contributed by atoms with E-state index < -0.39 is 5.41 Å². The number of ether oxygens (including phenoxy) is 2. The van der Waals surface area contributed by atoms with Crippen molar-refractivity contribution in [3.63, 3.8) is 0 Å². The van der Waals surface area contributed by atoms with Crippen molar-refractivity contribution < 1.29 is 19.4 Å². The lowest BCUT2D eigenvalue weighted by molar-refractivity contribution is -0.144. The first-order valence-electron chi connectivity index (χ1n) is 6.05. The summed E-state index contributed by atoms with van der Waals surface area (Å²) >= 11 is 0. The fraction of sp³-hybridized carbons (Fsp3) is 0.500. The molecule has 1 rings (SSSR count). The molecule has 0 unspecified atom stereocenters. The van der Waals surface area contributed by atoms with E-state index in [1.54, 1.807) is 24.3 Å². The molecule has 0 bridgehead atoms. The van der Waals surface area contributed by atoms with Crippen molar-refractivity contribution in [2.45, 2.75) is 27.2 Å². The van der Waals surface area contributed by atoms with Gasteiger partial charge in [-0.3, -0.25) is 4.79 Å². The highest BCUT2D eigenvalue weighted by molar-refractivity contribution is 5.78. The van der Waals surface area contributed by atoms with Gasteiger partial charge in [0.15, 0.2) is 0 Å². The predicted molar refractivity (Wildman–Crippen MR) is 68.7 cm³/mol. The van der Waals surface area contributed by atoms with Crippen LogP contribution in [-0.2, 0) is 4.79 Å². The van der Waals surface area contributed by atoms with E-state index in [-0.39, 0.29) is 19.2 Å². The molecule has 0 aliphatic rings. The van der Waals surface area contributed by atoms with Gasteiger partial charge in [0.05, 0.1) is 12.0 Å². The molecule has 18 heavy (non-hydrogen) atoms. The average Bonchev–Trinajstić information content (AvgIpc) is 2.37. The second-order valence-electron chi connectivity index (χ2n) is 4.67. The Labute approximate surface area is 108 Å². The van der Waals surface area contributed by atoms with Gasteiger partial charge in [0.2, 0.25) is 0 Å². The molecule has 0 atom stereocenters. The fourth-order valence-electron chi connectivity index (χ4n) is 1.16. The van der Waals surface area contributed by atoms with E-state index in [4.69, 9.17) is 14.6 Å². The maximum atomic E-state index is 11.8. The van der Waals surface area contributed by atoms with Crippen LogP contribution in [0.15, 0.2) is 24.3 Å². The Kier molecular flexibility index (Phi) is 5.16. The molecule has 0 saturated carbocycles. The van der Waals surface area contributed by atoms with Crippen LogP contribution in [0.4, 0.5) is 0 Å². The van der Waals surface area contributed by atoms with Crippen LogP contribution < -0.4 is 9.47 Å². The number of carbonyl (C=O) groups excluding carboxylic acids is 1. The Morgan fingerprint density at radius 1 is 1.22 bits per heavy atom. The van der Waals surface area contributed by atoms with E-state index >= 15 is 0 Å². The molecule has 1 N–H and O–H groups in total. The van der Waals surface area contributed by atoms with Crippen LogP contribution in [0, 0.1) is 5.41 Å². The monoisotopic (exact) mass is 252 g/mol. The highest BCUT2D eigenvalue weighted by Crippen LogP contribution is 2.24. The summed E-state index contributed by atoms with van der Waals surface area (Å²) in [6.07, 6.45) is 0.726. The van der Waals surface area contributed by atoms with Gasteiger partial charge >= 0.3 is 5.97 Å². The second-order valence-corrected chi connectivity index (χ2v) is 4.67. The first-order valence-corrected chi connectivity index (χ1v) is 6.05. The number of carbonyl (C=O) groups is 1. The van der Waals surface area contributed by atoms with Crippen molar-refractivity contribution in [2.24, 2.45) is 5.41 Å². The molecule has 0 fully saturated rings. The molecule has 4 heteroatoms. The first kappa shape index (κ1) is 14.5. The number of aliphatic hydroxyl groups excluding tert-OH is 1. The summed E-state index contributed by atoms with van der Waals surface area (Å²) in [5.41, 5.74) is -0.480. The number of hydrogen-bond donors (Lipinski definition) is 1. The minimum atomic E-state index is -0.480. The second kappa shape index (κ2) is 6.40. The number of hydrogen-bond acceptors (Lipinski definition) is 4. The van der Waals surface area contributed by atoms with Gasteiger partial charge in [0, 0.05) is 0 Å². The third kappa shape index (κ3) is 4.04. The maximum absolute atomic E-state index is 11.8. The molecule has 4 nitrogen and oxygen atoms in total. The normalized spacial score (nSPS) is 11.1. The molecule has 100 valence electrons. The Balaban J connectivity index is 2.61. The Hall–Kier alpha value is -1.55. The van der Waals surface area contributed by atoms with E-state index in [2.05, 4.69) is 0 Å². The van der Waals surface area contributed by atoms with Crippen LogP contribution in [0.25, 0.3) is 0 Å². The minimum absolute atomic E-state index is 0.0264. The van der Waals surface area contributed by atoms with Gasteiger partial charge in [-0.1, -0.05) is 6.92 Å². The summed E-state index contributed by atoms with van der Waals surface area (Å²) in [7, 11) is 0. The third-order valence-corrected chi connectivity index (χ3v) is 2.83. The molecule has 0 spiro atoms. The van der Waals surface area contributed by atoms with E-state index in [0.29, 0.717) is 11.5 Å². The van der Waals surface area contributed by atoms with Gasteiger partial charge in [-0.25, -0.2) is 0 Å². The van der Waals surface area contributed by atoms with Crippen molar-refractivity contribution in [1.29, 1.82) is 0 Å². The molecular weight excluding hydrogens is 232 g/mol. The molecule has 0 saturated heterocycles. The van der Waals surface area contributed by atoms with Gasteiger partial charge in [-0.05, 0) is 44.5 Å². The summed E-state index contributed by atoms with van der Waals surface area (Å²) in [5, 5.41) is 8.62.